The first-order chi connectivity index (χ1) is 16.2. The van der Waals surface area contributed by atoms with Crippen LogP contribution in [-0.2, 0) is 20.9 Å². The molecule has 0 spiro atoms. The summed E-state index contributed by atoms with van der Waals surface area (Å²) in [6, 6.07) is 8.17. The number of hydrogen-bond acceptors (Lipinski definition) is 5. The van der Waals surface area contributed by atoms with Crippen LogP contribution in [0.15, 0.2) is 30.3 Å². The van der Waals surface area contributed by atoms with Gasteiger partial charge in [0.1, 0.15) is 11.8 Å². The first-order valence-corrected chi connectivity index (χ1v) is 11.6. The normalized spacial score (nSPS) is 17.4. The van der Waals surface area contributed by atoms with E-state index in [1.165, 1.54) is 4.90 Å². The van der Waals surface area contributed by atoms with E-state index in [0.717, 1.165) is 16.1 Å². The molecule has 0 bridgehead atoms. The number of hydrogen-bond donors (Lipinski definition) is 2. The summed E-state index contributed by atoms with van der Waals surface area (Å²) >= 11 is 6.18. The maximum atomic E-state index is 12.9. The number of ether oxygens (including phenoxy) is 1. The Kier molecular flexibility index (Phi) is 6.88. The molecule has 34 heavy (non-hydrogen) atoms. The second-order valence-corrected chi connectivity index (χ2v) is 8.98. The van der Waals surface area contributed by atoms with Gasteiger partial charge < -0.3 is 15.0 Å². The summed E-state index contributed by atoms with van der Waals surface area (Å²) in [7, 11) is 0. The van der Waals surface area contributed by atoms with Gasteiger partial charge in [0.05, 0.1) is 6.61 Å². The first-order valence-electron chi connectivity index (χ1n) is 11.2. The molecule has 0 aliphatic carbocycles. The quantitative estimate of drug-likeness (QED) is 0.463. The summed E-state index contributed by atoms with van der Waals surface area (Å²) in [6.45, 7) is 4.41. The molecule has 2 aliphatic rings. The van der Waals surface area contributed by atoms with Crippen LogP contribution in [0.3, 0.4) is 0 Å². The number of halogens is 1. The number of imide groups is 1. The predicted octanol–water partition coefficient (Wildman–Crippen LogP) is 3.52. The summed E-state index contributed by atoms with van der Waals surface area (Å²) in [4.78, 5) is 50.6. The van der Waals surface area contributed by atoms with Crippen molar-refractivity contribution < 1.29 is 23.9 Å². The third-order valence-corrected chi connectivity index (χ3v) is 6.68. The summed E-state index contributed by atoms with van der Waals surface area (Å²) in [6.07, 6.45) is 1.25. The van der Waals surface area contributed by atoms with Crippen molar-refractivity contribution in [2.75, 3.05) is 11.9 Å². The zero-order valence-corrected chi connectivity index (χ0v) is 19.8. The van der Waals surface area contributed by atoms with Crippen molar-refractivity contribution in [2.45, 2.75) is 52.1 Å². The van der Waals surface area contributed by atoms with E-state index in [1.807, 2.05) is 26.0 Å². The lowest BCUT2D eigenvalue weighted by atomic mass is 10.0. The van der Waals surface area contributed by atoms with Gasteiger partial charge in [-0.25, -0.2) is 0 Å². The molecule has 0 aromatic heterocycles. The SMILES string of the molecule is Cc1cc(OCCCC(=O)Nc2cccc3c2CN(C2CCC(=O)NC2=O)C3=O)cc(C)c1Cl. The molecule has 0 radical (unpaired) electrons. The summed E-state index contributed by atoms with van der Waals surface area (Å²) in [5.41, 5.74) is 3.56. The molecule has 0 saturated carbocycles. The van der Waals surface area contributed by atoms with Crippen molar-refractivity contribution in [1.82, 2.24) is 10.2 Å². The highest BCUT2D eigenvalue weighted by molar-refractivity contribution is 6.32. The molecule has 2 aromatic carbocycles. The van der Waals surface area contributed by atoms with E-state index in [9.17, 15) is 19.2 Å². The minimum Gasteiger partial charge on any atom is -0.494 e. The van der Waals surface area contributed by atoms with Crippen LogP contribution in [0.1, 0.15) is 52.7 Å². The lowest BCUT2D eigenvalue weighted by molar-refractivity contribution is -0.137. The Balaban J connectivity index is 1.33. The third kappa shape index (κ3) is 4.92. The molecule has 1 fully saturated rings. The summed E-state index contributed by atoms with van der Waals surface area (Å²) in [5.74, 6) is -0.541. The molecular formula is C25H26ClN3O5. The average molecular weight is 484 g/mol. The first kappa shape index (κ1) is 23.8. The van der Waals surface area contributed by atoms with Crippen molar-refractivity contribution in [3.8, 4) is 5.75 Å². The molecule has 178 valence electrons. The Hall–Kier alpha value is -3.39. The minimum absolute atomic E-state index is 0.188. The van der Waals surface area contributed by atoms with Crippen LogP contribution in [0.25, 0.3) is 0 Å². The van der Waals surface area contributed by atoms with Crippen LogP contribution in [0.2, 0.25) is 5.02 Å². The number of aryl methyl sites for hydroxylation is 2. The lowest BCUT2D eigenvalue weighted by Gasteiger charge is -2.29. The fourth-order valence-corrected chi connectivity index (χ4v) is 4.44. The smallest absolute Gasteiger partial charge is 0.255 e. The molecule has 2 heterocycles. The highest BCUT2D eigenvalue weighted by Crippen LogP contribution is 2.32. The Bertz CT molecular complexity index is 1160. The van der Waals surface area contributed by atoms with E-state index in [0.29, 0.717) is 42.0 Å². The van der Waals surface area contributed by atoms with Gasteiger partial charge in [0.25, 0.3) is 5.91 Å². The number of nitrogens with zero attached hydrogens (tertiary/aromatic N) is 1. The fraction of sp³-hybridized carbons (Fsp3) is 0.360. The van der Waals surface area contributed by atoms with E-state index in [4.69, 9.17) is 16.3 Å². The van der Waals surface area contributed by atoms with Gasteiger partial charge in [0.15, 0.2) is 0 Å². The minimum atomic E-state index is -0.696. The third-order valence-electron chi connectivity index (χ3n) is 6.08. The van der Waals surface area contributed by atoms with Gasteiger partial charge in [0.2, 0.25) is 17.7 Å². The van der Waals surface area contributed by atoms with Gasteiger partial charge in [-0.2, -0.15) is 0 Å². The van der Waals surface area contributed by atoms with E-state index < -0.39 is 11.9 Å². The molecule has 2 N–H and O–H groups in total. The summed E-state index contributed by atoms with van der Waals surface area (Å²) < 4.78 is 5.76. The Labute approximate surface area is 202 Å². The van der Waals surface area contributed by atoms with Crippen molar-refractivity contribution in [2.24, 2.45) is 0 Å². The molecule has 2 aliphatic heterocycles. The largest absolute Gasteiger partial charge is 0.494 e. The molecule has 8 nitrogen and oxygen atoms in total. The number of carbonyl (C=O) groups is 4. The lowest BCUT2D eigenvalue weighted by Crippen LogP contribution is -2.52. The van der Waals surface area contributed by atoms with Crippen LogP contribution in [0, 0.1) is 13.8 Å². The number of anilines is 1. The van der Waals surface area contributed by atoms with Crippen LogP contribution in [-0.4, -0.2) is 41.2 Å². The van der Waals surface area contributed by atoms with Gasteiger partial charge in [0, 0.05) is 41.2 Å². The number of piperidine rings is 1. The van der Waals surface area contributed by atoms with Crippen LogP contribution >= 0.6 is 11.6 Å². The predicted molar refractivity (Wildman–Crippen MR) is 127 cm³/mol. The number of fused-ring (bicyclic) bond motifs is 1. The van der Waals surface area contributed by atoms with Crippen molar-refractivity contribution in [3.05, 3.63) is 57.6 Å². The zero-order chi connectivity index (χ0) is 24.4. The highest BCUT2D eigenvalue weighted by Gasteiger charge is 2.39. The number of amides is 4. The van der Waals surface area contributed by atoms with Crippen molar-refractivity contribution >= 4 is 40.9 Å². The van der Waals surface area contributed by atoms with Crippen LogP contribution in [0.4, 0.5) is 5.69 Å². The molecular weight excluding hydrogens is 458 g/mol. The van der Waals surface area contributed by atoms with E-state index in [1.54, 1.807) is 18.2 Å². The second kappa shape index (κ2) is 9.85. The Morgan fingerprint density at radius 1 is 1.21 bits per heavy atom. The van der Waals surface area contributed by atoms with Gasteiger partial charge in [-0.15, -0.1) is 0 Å². The number of benzene rings is 2. The van der Waals surface area contributed by atoms with Gasteiger partial charge in [-0.3, -0.25) is 24.5 Å². The summed E-state index contributed by atoms with van der Waals surface area (Å²) in [5, 5.41) is 5.89. The molecule has 1 saturated heterocycles. The Morgan fingerprint density at radius 2 is 1.94 bits per heavy atom. The maximum Gasteiger partial charge on any atom is 0.255 e. The molecule has 1 atom stereocenters. The number of nitrogens with one attached hydrogen (secondary N) is 2. The van der Waals surface area contributed by atoms with Crippen LogP contribution < -0.4 is 15.4 Å². The molecule has 9 heteroatoms. The fourth-order valence-electron chi connectivity index (χ4n) is 4.33. The van der Waals surface area contributed by atoms with Gasteiger partial charge in [-0.1, -0.05) is 17.7 Å². The number of carbonyl (C=O) groups excluding carboxylic acids is 4. The number of rotatable bonds is 7. The molecule has 1 unspecified atom stereocenters. The second-order valence-electron chi connectivity index (χ2n) is 8.60. The van der Waals surface area contributed by atoms with Gasteiger partial charge >= 0.3 is 0 Å². The molecule has 4 rings (SSSR count). The Morgan fingerprint density at radius 3 is 2.65 bits per heavy atom. The zero-order valence-electron chi connectivity index (χ0n) is 19.1. The molecule has 4 amide bonds. The van der Waals surface area contributed by atoms with Crippen molar-refractivity contribution in [3.63, 3.8) is 0 Å². The maximum absolute atomic E-state index is 12.9. The standard InChI is InChI=1S/C25H26ClN3O5/c1-14-11-16(12-15(2)23(14)26)34-10-4-7-21(30)27-19-6-3-5-17-18(19)13-29(25(17)33)20-8-9-22(31)28-24(20)32/h3,5-6,11-12,20H,4,7-10,13H2,1-2H3,(H,27,30)(H,28,31,32). The van der Waals surface area contributed by atoms with E-state index >= 15 is 0 Å². The monoisotopic (exact) mass is 483 g/mol. The van der Waals surface area contributed by atoms with E-state index in [2.05, 4.69) is 10.6 Å². The highest BCUT2D eigenvalue weighted by atomic mass is 35.5. The van der Waals surface area contributed by atoms with Crippen LogP contribution in [0.5, 0.6) is 5.75 Å². The topological polar surface area (TPSA) is 105 Å². The van der Waals surface area contributed by atoms with Gasteiger partial charge in [-0.05, 0) is 62.1 Å². The average Bonchev–Trinajstić information content (AvgIpc) is 3.12. The van der Waals surface area contributed by atoms with Crippen molar-refractivity contribution in [1.29, 1.82) is 0 Å². The van der Waals surface area contributed by atoms with E-state index in [-0.39, 0.29) is 37.1 Å². The molecule has 2 aromatic rings.